The van der Waals surface area contributed by atoms with Gasteiger partial charge in [0.25, 0.3) is 0 Å². The molecule has 1 aliphatic heterocycles. The minimum Gasteiger partial charge on any atom is -0.367 e. The third kappa shape index (κ3) is 5.37. The minimum absolute atomic E-state index is 0.481. The molecule has 2 N–H and O–H groups in total. The van der Waals surface area contributed by atoms with Crippen LogP contribution in [0.15, 0.2) is 61.2 Å². The van der Waals surface area contributed by atoms with Gasteiger partial charge in [-0.25, -0.2) is 0 Å². The molecular formula is C20H21F3N2O. The van der Waals surface area contributed by atoms with Gasteiger partial charge in [0.05, 0.1) is 5.56 Å². The number of carbonyl (C=O) groups excluding carboxylic acids is 1. The molecule has 0 unspecified atom stereocenters. The van der Waals surface area contributed by atoms with Crippen LogP contribution in [-0.2, 0) is 23.9 Å². The van der Waals surface area contributed by atoms with Crippen molar-refractivity contribution in [1.29, 1.82) is 0 Å². The van der Waals surface area contributed by atoms with E-state index in [4.69, 9.17) is 0 Å². The van der Waals surface area contributed by atoms with E-state index in [0.29, 0.717) is 6.54 Å². The SMILES string of the molecule is C=CC(N)=O.FC(F)(F)c1ccc(CN2CCCc3ccccc32)cc1. The Kier molecular flexibility index (Phi) is 6.44. The maximum Gasteiger partial charge on any atom is 0.416 e. The van der Waals surface area contributed by atoms with Crippen LogP contribution in [0.5, 0.6) is 0 Å². The molecule has 1 aliphatic rings. The lowest BCUT2D eigenvalue weighted by atomic mass is 10.0. The number of carbonyl (C=O) groups is 1. The molecule has 2 aromatic carbocycles. The highest BCUT2D eigenvalue weighted by Gasteiger charge is 2.30. The van der Waals surface area contributed by atoms with Crippen molar-refractivity contribution in [2.24, 2.45) is 5.73 Å². The second kappa shape index (κ2) is 8.56. The monoisotopic (exact) mass is 362 g/mol. The molecule has 0 spiro atoms. The fraction of sp³-hybridized carbons (Fsp3) is 0.250. The van der Waals surface area contributed by atoms with E-state index in [9.17, 15) is 18.0 Å². The summed E-state index contributed by atoms with van der Waals surface area (Å²) < 4.78 is 37.7. The summed E-state index contributed by atoms with van der Waals surface area (Å²) in [5.74, 6) is -0.481. The van der Waals surface area contributed by atoms with Gasteiger partial charge in [0.2, 0.25) is 5.91 Å². The van der Waals surface area contributed by atoms with Gasteiger partial charge in [-0.1, -0.05) is 36.9 Å². The number of fused-ring (bicyclic) bond motifs is 1. The first-order valence-corrected chi connectivity index (χ1v) is 8.22. The van der Waals surface area contributed by atoms with Crippen molar-refractivity contribution in [3.8, 4) is 0 Å². The number of hydrogen-bond donors (Lipinski definition) is 1. The number of hydrogen-bond acceptors (Lipinski definition) is 2. The predicted octanol–water partition coefficient (Wildman–Crippen LogP) is 4.32. The van der Waals surface area contributed by atoms with Crippen molar-refractivity contribution >= 4 is 11.6 Å². The Morgan fingerprint density at radius 2 is 1.77 bits per heavy atom. The van der Waals surface area contributed by atoms with Crippen LogP contribution in [0.25, 0.3) is 0 Å². The highest BCUT2D eigenvalue weighted by molar-refractivity contribution is 5.84. The third-order valence-electron chi connectivity index (χ3n) is 4.06. The minimum atomic E-state index is -4.27. The second-order valence-electron chi connectivity index (χ2n) is 5.95. The number of amides is 1. The molecule has 0 radical (unpaired) electrons. The highest BCUT2D eigenvalue weighted by Crippen LogP contribution is 2.31. The average Bonchev–Trinajstić information content (AvgIpc) is 2.62. The quantitative estimate of drug-likeness (QED) is 0.827. The van der Waals surface area contributed by atoms with Gasteiger partial charge in [-0.15, -0.1) is 0 Å². The molecule has 0 atom stereocenters. The van der Waals surface area contributed by atoms with Gasteiger partial charge in [-0.2, -0.15) is 13.2 Å². The molecule has 3 rings (SSSR count). The maximum absolute atomic E-state index is 12.6. The van der Waals surface area contributed by atoms with Gasteiger partial charge < -0.3 is 10.6 Å². The van der Waals surface area contributed by atoms with Crippen LogP contribution in [0.3, 0.4) is 0 Å². The van der Waals surface area contributed by atoms with Crippen LogP contribution in [0.1, 0.15) is 23.1 Å². The number of primary amides is 1. The Morgan fingerprint density at radius 1 is 1.15 bits per heavy atom. The number of rotatable bonds is 3. The fourth-order valence-electron chi connectivity index (χ4n) is 2.80. The zero-order chi connectivity index (χ0) is 19.2. The summed E-state index contributed by atoms with van der Waals surface area (Å²) >= 11 is 0. The van der Waals surface area contributed by atoms with E-state index in [-0.39, 0.29) is 0 Å². The number of nitrogens with two attached hydrogens (primary N) is 1. The number of nitrogens with zero attached hydrogens (tertiary/aromatic N) is 1. The number of benzene rings is 2. The van der Waals surface area contributed by atoms with Crippen molar-refractivity contribution in [3.05, 3.63) is 77.9 Å². The molecule has 0 saturated carbocycles. The topological polar surface area (TPSA) is 46.3 Å². The van der Waals surface area contributed by atoms with Gasteiger partial charge >= 0.3 is 6.18 Å². The average molecular weight is 362 g/mol. The Morgan fingerprint density at radius 3 is 2.35 bits per heavy atom. The molecule has 0 bridgehead atoms. The highest BCUT2D eigenvalue weighted by atomic mass is 19.4. The lowest BCUT2D eigenvalue weighted by Gasteiger charge is -2.31. The second-order valence-corrected chi connectivity index (χ2v) is 5.95. The van der Waals surface area contributed by atoms with Crippen LogP contribution in [0.2, 0.25) is 0 Å². The number of para-hydroxylation sites is 1. The van der Waals surface area contributed by atoms with E-state index >= 15 is 0 Å². The number of aryl methyl sites for hydroxylation is 1. The zero-order valence-corrected chi connectivity index (χ0v) is 14.3. The van der Waals surface area contributed by atoms with E-state index < -0.39 is 17.6 Å². The number of anilines is 1. The summed E-state index contributed by atoms with van der Waals surface area (Å²) in [6, 6.07) is 13.7. The summed E-state index contributed by atoms with van der Waals surface area (Å²) in [5, 5.41) is 0. The van der Waals surface area contributed by atoms with Crippen LogP contribution in [0, 0.1) is 0 Å². The molecule has 138 valence electrons. The zero-order valence-electron chi connectivity index (χ0n) is 14.3. The molecule has 0 saturated heterocycles. The Bertz CT molecular complexity index is 754. The van der Waals surface area contributed by atoms with E-state index in [1.54, 1.807) is 12.1 Å². The standard InChI is InChI=1S/C17H16F3N.C3H5NO/c18-17(19,20)15-9-7-13(8-10-15)12-21-11-3-5-14-4-1-2-6-16(14)21;1-2-3(4)5/h1-2,4,6-10H,3,5,11-12H2;2H,1H2,(H2,4,5). The number of halogens is 3. The molecule has 2 aromatic rings. The van der Waals surface area contributed by atoms with Crippen LogP contribution < -0.4 is 10.6 Å². The largest absolute Gasteiger partial charge is 0.416 e. The Balaban J connectivity index is 0.000000431. The van der Waals surface area contributed by atoms with Crippen LogP contribution in [-0.4, -0.2) is 12.5 Å². The summed E-state index contributed by atoms with van der Waals surface area (Å²) in [5.41, 5.74) is 7.36. The molecule has 0 aromatic heterocycles. The van der Waals surface area contributed by atoms with Gasteiger partial charge in [0.15, 0.2) is 0 Å². The van der Waals surface area contributed by atoms with Gasteiger partial charge in [0.1, 0.15) is 0 Å². The van der Waals surface area contributed by atoms with E-state index in [1.165, 1.54) is 11.3 Å². The molecular weight excluding hydrogens is 341 g/mol. The van der Waals surface area contributed by atoms with Crippen molar-refractivity contribution in [1.82, 2.24) is 0 Å². The third-order valence-corrected chi connectivity index (χ3v) is 4.06. The lowest BCUT2D eigenvalue weighted by molar-refractivity contribution is -0.137. The van der Waals surface area contributed by atoms with Gasteiger partial charge in [-0.05, 0) is 48.2 Å². The Labute approximate surface area is 150 Å². The maximum atomic E-state index is 12.6. The first-order valence-electron chi connectivity index (χ1n) is 8.22. The van der Waals surface area contributed by atoms with E-state index in [0.717, 1.165) is 43.2 Å². The van der Waals surface area contributed by atoms with Crippen LogP contribution >= 0.6 is 0 Å². The van der Waals surface area contributed by atoms with Crippen molar-refractivity contribution in [2.75, 3.05) is 11.4 Å². The molecule has 1 amide bonds. The van der Waals surface area contributed by atoms with Crippen molar-refractivity contribution in [2.45, 2.75) is 25.6 Å². The van der Waals surface area contributed by atoms with E-state index in [1.807, 2.05) is 12.1 Å². The van der Waals surface area contributed by atoms with E-state index in [2.05, 4.69) is 29.3 Å². The summed E-state index contributed by atoms with van der Waals surface area (Å²) in [4.78, 5) is 11.7. The predicted molar refractivity (Wildman–Crippen MR) is 96.6 cm³/mol. The first kappa shape index (κ1) is 19.6. The fourth-order valence-corrected chi connectivity index (χ4v) is 2.80. The smallest absolute Gasteiger partial charge is 0.367 e. The normalized spacial score (nSPS) is 13.3. The Hall–Kier alpha value is -2.76. The lowest BCUT2D eigenvalue weighted by Crippen LogP contribution is -2.28. The molecule has 6 heteroatoms. The molecule has 26 heavy (non-hydrogen) atoms. The summed E-state index contributed by atoms with van der Waals surface area (Å²) in [6.45, 7) is 4.68. The van der Waals surface area contributed by atoms with Gasteiger partial charge in [0, 0.05) is 18.8 Å². The molecule has 0 fully saturated rings. The first-order chi connectivity index (χ1) is 12.3. The summed E-state index contributed by atoms with van der Waals surface area (Å²) in [6.07, 6.45) is -1.06. The summed E-state index contributed by atoms with van der Waals surface area (Å²) in [7, 11) is 0. The molecule has 3 nitrogen and oxygen atoms in total. The number of alkyl halides is 3. The van der Waals surface area contributed by atoms with Crippen molar-refractivity contribution in [3.63, 3.8) is 0 Å². The molecule has 1 heterocycles. The van der Waals surface area contributed by atoms with Gasteiger partial charge in [-0.3, -0.25) is 4.79 Å². The van der Waals surface area contributed by atoms with Crippen molar-refractivity contribution < 1.29 is 18.0 Å². The van der Waals surface area contributed by atoms with Crippen LogP contribution in [0.4, 0.5) is 18.9 Å². The molecule has 0 aliphatic carbocycles.